The lowest BCUT2D eigenvalue weighted by Crippen LogP contribution is -2.25. The van der Waals surface area contributed by atoms with Crippen molar-refractivity contribution in [3.8, 4) is 5.75 Å². The molecule has 1 amide bonds. The van der Waals surface area contributed by atoms with E-state index in [1.807, 2.05) is 6.92 Å². The Labute approximate surface area is 104 Å². The van der Waals surface area contributed by atoms with Crippen molar-refractivity contribution in [2.45, 2.75) is 18.4 Å². The number of nitrogens with two attached hydrogens (primary N) is 1. The molecule has 0 aliphatic heterocycles. The Kier molecular flexibility index (Phi) is 5.55. The van der Waals surface area contributed by atoms with Gasteiger partial charge in [0.05, 0.1) is 12.9 Å². The van der Waals surface area contributed by atoms with Crippen molar-refractivity contribution in [3.05, 3.63) is 6.33 Å². The predicted molar refractivity (Wildman–Crippen MR) is 67.0 cm³/mol. The van der Waals surface area contributed by atoms with Gasteiger partial charge in [0, 0.05) is 6.54 Å². The average Bonchev–Trinajstić information content (AvgIpc) is 2.33. The number of nitrogens with one attached hydrogen (secondary N) is 1. The van der Waals surface area contributed by atoms with Crippen molar-refractivity contribution in [1.29, 1.82) is 0 Å². The Balaban J connectivity index is 2.57. The molecule has 7 heteroatoms. The molecule has 1 rings (SSSR count). The van der Waals surface area contributed by atoms with Gasteiger partial charge in [0.25, 0.3) is 0 Å². The summed E-state index contributed by atoms with van der Waals surface area (Å²) in [6, 6.07) is 0. The molecule has 0 aliphatic carbocycles. The first-order valence-electron chi connectivity index (χ1n) is 5.23. The number of amides is 1. The van der Waals surface area contributed by atoms with E-state index in [0.717, 1.165) is 6.42 Å². The summed E-state index contributed by atoms with van der Waals surface area (Å²) in [6.07, 6.45) is 2.27. The van der Waals surface area contributed by atoms with Crippen molar-refractivity contribution >= 4 is 23.5 Å². The molecule has 0 aliphatic rings. The number of rotatable bonds is 6. The van der Waals surface area contributed by atoms with Crippen LogP contribution in [0.4, 0.5) is 5.82 Å². The van der Waals surface area contributed by atoms with Crippen molar-refractivity contribution in [1.82, 2.24) is 15.3 Å². The summed E-state index contributed by atoms with van der Waals surface area (Å²) in [7, 11) is 1.50. The maximum atomic E-state index is 11.4. The SMILES string of the molecule is CCCNC(=O)CSc1ncnc(N)c1OC. The average molecular weight is 256 g/mol. The fourth-order valence-corrected chi connectivity index (χ4v) is 1.92. The van der Waals surface area contributed by atoms with E-state index in [0.29, 0.717) is 17.3 Å². The van der Waals surface area contributed by atoms with E-state index in [9.17, 15) is 4.79 Å². The van der Waals surface area contributed by atoms with Crippen LogP contribution in [0, 0.1) is 0 Å². The third-order valence-electron chi connectivity index (χ3n) is 1.91. The quantitative estimate of drug-likeness (QED) is 0.575. The minimum atomic E-state index is -0.0314. The van der Waals surface area contributed by atoms with Gasteiger partial charge in [-0.1, -0.05) is 18.7 Å². The summed E-state index contributed by atoms with van der Waals surface area (Å²) in [5.74, 6) is 0.947. The van der Waals surface area contributed by atoms with Crippen LogP contribution in [0.15, 0.2) is 11.4 Å². The van der Waals surface area contributed by atoms with Crippen molar-refractivity contribution in [3.63, 3.8) is 0 Å². The molecule has 0 saturated carbocycles. The van der Waals surface area contributed by atoms with Crippen LogP contribution in [-0.2, 0) is 4.79 Å². The molecule has 0 spiro atoms. The van der Waals surface area contributed by atoms with Crippen molar-refractivity contribution in [2.75, 3.05) is 25.1 Å². The number of nitrogen functional groups attached to an aromatic ring is 1. The molecule has 0 fully saturated rings. The number of anilines is 1. The van der Waals surface area contributed by atoms with Crippen LogP contribution in [0.3, 0.4) is 0 Å². The second-order valence-electron chi connectivity index (χ2n) is 3.24. The zero-order valence-corrected chi connectivity index (χ0v) is 10.7. The van der Waals surface area contributed by atoms with E-state index in [2.05, 4.69) is 15.3 Å². The van der Waals surface area contributed by atoms with Crippen LogP contribution in [0.1, 0.15) is 13.3 Å². The number of nitrogens with zero attached hydrogens (tertiary/aromatic N) is 2. The van der Waals surface area contributed by atoms with Gasteiger partial charge in [-0.2, -0.15) is 0 Å². The van der Waals surface area contributed by atoms with Crippen LogP contribution in [0.25, 0.3) is 0 Å². The Bertz CT molecular complexity index is 387. The van der Waals surface area contributed by atoms with Gasteiger partial charge in [-0.3, -0.25) is 4.79 Å². The maximum Gasteiger partial charge on any atom is 0.230 e. The van der Waals surface area contributed by atoms with Gasteiger partial charge in [0.1, 0.15) is 11.4 Å². The molecule has 17 heavy (non-hydrogen) atoms. The zero-order chi connectivity index (χ0) is 12.7. The number of ether oxygens (including phenoxy) is 1. The fourth-order valence-electron chi connectivity index (χ4n) is 1.11. The minimum absolute atomic E-state index is 0.0314. The first-order chi connectivity index (χ1) is 8.19. The summed E-state index contributed by atoms with van der Waals surface area (Å²) in [6.45, 7) is 2.68. The number of thioether (sulfide) groups is 1. The molecule has 0 radical (unpaired) electrons. The molecule has 3 N–H and O–H groups in total. The van der Waals surface area contributed by atoms with Crippen molar-refractivity contribution in [2.24, 2.45) is 0 Å². The lowest BCUT2D eigenvalue weighted by Gasteiger charge is -2.08. The minimum Gasteiger partial charge on any atom is -0.490 e. The van der Waals surface area contributed by atoms with Gasteiger partial charge >= 0.3 is 0 Å². The normalized spacial score (nSPS) is 10.0. The van der Waals surface area contributed by atoms with Crippen LogP contribution in [0.5, 0.6) is 5.75 Å². The second kappa shape index (κ2) is 6.95. The van der Waals surface area contributed by atoms with Crippen LogP contribution in [-0.4, -0.2) is 35.3 Å². The highest BCUT2D eigenvalue weighted by Gasteiger charge is 2.11. The third-order valence-corrected chi connectivity index (χ3v) is 2.89. The fraction of sp³-hybridized carbons (Fsp3) is 0.500. The van der Waals surface area contributed by atoms with E-state index in [1.54, 1.807) is 0 Å². The van der Waals surface area contributed by atoms with E-state index >= 15 is 0 Å². The highest BCUT2D eigenvalue weighted by atomic mass is 32.2. The summed E-state index contributed by atoms with van der Waals surface area (Å²) in [4.78, 5) is 19.3. The van der Waals surface area contributed by atoms with E-state index in [1.165, 1.54) is 25.2 Å². The maximum absolute atomic E-state index is 11.4. The molecule has 0 atom stereocenters. The first-order valence-corrected chi connectivity index (χ1v) is 6.21. The van der Waals surface area contributed by atoms with Gasteiger partial charge in [-0.25, -0.2) is 9.97 Å². The lowest BCUT2D eigenvalue weighted by molar-refractivity contribution is -0.118. The number of hydrogen-bond donors (Lipinski definition) is 2. The predicted octanol–water partition coefficient (Wildman–Crippen LogP) is 0.686. The van der Waals surface area contributed by atoms with Gasteiger partial charge in [0.2, 0.25) is 5.91 Å². The lowest BCUT2D eigenvalue weighted by atomic mass is 10.5. The molecule has 0 aromatic carbocycles. The zero-order valence-electron chi connectivity index (χ0n) is 9.90. The number of carbonyl (C=O) groups excluding carboxylic acids is 1. The Morgan fingerprint density at radius 2 is 2.35 bits per heavy atom. The second-order valence-corrected chi connectivity index (χ2v) is 4.20. The Morgan fingerprint density at radius 1 is 1.59 bits per heavy atom. The highest BCUT2D eigenvalue weighted by molar-refractivity contribution is 8.00. The number of aromatic nitrogens is 2. The molecule has 94 valence electrons. The molecular formula is C10H16N4O2S. The number of methoxy groups -OCH3 is 1. The largest absolute Gasteiger partial charge is 0.490 e. The molecule has 1 heterocycles. The molecular weight excluding hydrogens is 240 g/mol. The van der Waals surface area contributed by atoms with E-state index in [-0.39, 0.29) is 17.5 Å². The topological polar surface area (TPSA) is 90.1 Å². The molecule has 0 bridgehead atoms. The van der Waals surface area contributed by atoms with Crippen LogP contribution >= 0.6 is 11.8 Å². The summed E-state index contributed by atoms with van der Waals surface area (Å²) in [5.41, 5.74) is 5.63. The van der Waals surface area contributed by atoms with Crippen LogP contribution in [0.2, 0.25) is 0 Å². The molecule has 6 nitrogen and oxygen atoms in total. The standard InChI is InChI=1S/C10H16N4O2S/c1-3-4-12-7(15)5-17-10-8(16-2)9(11)13-6-14-10/h6H,3-5H2,1-2H3,(H,12,15)(H2,11,13,14). The van der Waals surface area contributed by atoms with Gasteiger partial charge < -0.3 is 15.8 Å². The Morgan fingerprint density at radius 3 is 3.00 bits per heavy atom. The van der Waals surface area contributed by atoms with Gasteiger partial charge in [0.15, 0.2) is 11.6 Å². The van der Waals surface area contributed by atoms with E-state index < -0.39 is 0 Å². The number of carbonyl (C=O) groups is 1. The monoisotopic (exact) mass is 256 g/mol. The first kappa shape index (κ1) is 13.6. The van der Waals surface area contributed by atoms with Gasteiger partial charge in [-0.05, 0) is 6.42 Å². The molecule has 1 aromatic rings. The highest BCUT2D eigenvalue weighted by Crippen LogP contribution is 2.30. The third kappa shape index (κ3) is 4.10. The van der Waals surface area contributed by atoms with Gasteiger partial charge in [-0.15, -0.1) is 0 Å². The summed E-state index contributed by atoms with van der Waals surface area (Å²) in [5, 5.41) is 3.36. The van der Waals surface area contributed by atoms with Crippen LogP contribution < -0.4 is 15.8 Å². The molecule has 0 saturated heterocycles. The van der Waals surface area contributed by atoms with Crippen molar-refractivity contribution < 1.29 is 9.53 Å². The molecule has 0 unspecified atom stereocenters. The molecule has 1 aromatic heterocycles. The summed E-state index contributed by atoms with van der Waals surface area (Å²) >= 11 is 1.28. The summed E-state index contributed by atoms with van der Waals surface area (Å²) < 4.78 is 5.09. The smallest absolute Gasteiger partial charge is 0.230 e. The Hall–Kier alpha value is -1.50. The number of hydrogen-bond acceptors (Lipinski definition) is 6. The van der Waals surface area contributed by atoms with E-state index in [4.69, 9.17) is 10.5 Å².